The highest BCUT2D eigenvalue weighted by Crippen LogP contribution is 2.53. The predicted octanol–water partition coefficient (Wildman–Crippen LogP) is 0.0215. The number of aliphatic carboxylic acids is 1. The SMILES string of the molecule is CC(=O)NCCSC1=C(C(=O)O)N2C(=O)[C@H](C(C)O)[C@H]2S1. The lowest BCUT2D eigenvalue weighted by atomic mass is 9.92. The zero-order valence-electron chi connectivity index (χ0n) is 11.5. The van der Waals surface area contributed by atoms with Crippen LogP contribution in [-0.2, 0) is 14.4 Å². The van der Waals surface area contributed by atoms with E-state index in [0.29, 0.717) is 16.5 Å². The van der Waals surface area contributed by atoms with Crippen molar-refractivity contribution in [1.82, 2.24) is 10.2 Å². The Bertz CT molecular complexity index is 520. The average molecular weight is 332 g/mol. The van der Waals surface area contributed by atoms with Gasteiger partial charge < -0.3 is 15.5 Å². The summed E-state index contributed by atoms with van der Waals surface area (Å²) in [6, 6.07) is 0. The summed E-state index contributed by atoms with van der Waals surface area (Å²) >= 11 is 2.59. The number of aliphatic hydroxyl groups excluding tert-OH is 1. The fourth-order valence-electron chi connectivity index (χ4n) is 2.22. The maximum atomic E-state index is 12.0. The Labute approximate surface area is 130 Å². The molecule has 116 valence electrons. The number of hydrogen-bond acceptors (Lipinski definition) is 6. The average Bonchev–Trinajstić information content (AvgIpc) is 2.68. The van der Waals surface area contributed by atoms with Crippen molar-refractivity contribution in [2.45, 2.75) is 25.3 Å². The van der Waals surface area contributed by atoms with Gasteiger partial charge in [0.1, 0.15) is 5.37 Å². The Morgan fingerprint density at radius 3 is 2.71 bits per heavy atom. The second-order valence-corrected chi connectivity index (χ2v) is 7.25. The van der Waals surface area contributed by atoms with Gasteiger partial charge in [0.15, 0.2) is 5.70 Å². The molecule has 3 atom stereocenters. The highest BCUT2D eigenvalue weighted by molar-refractivity contribution is 8.22. The first kappa shape index (κ1) is 16.2. The first-order chi connectivity index (χ1) is 9.84. The molecule has 0 aromatic rings. The molecule has 7 nitrogen and oxygen atoms in total. The molecule has 2 heterocycles. The molecule has 0 aliphatic carbocycles. The van der Waals surface area contributed by atoms with Crippen LogP contribution in [-0.4, -0.2) is 56.7 Å². The van der Waals surface area contributed by atoms with E-state index in [4.69, 9.17) is 0 Å². The molecule has 21 heavy (non-hydrogen) atoms. The van der Waals surface area contributed by atoms with Crippen molar-refractivity contribution in [3.63, 3.8) is 0 Å². The second-order valence-electron chi connectivity index (χ2n) is 4.76. The first-order valence-corrected chi connectivity index (χ1v) is 8.23. The number of hydrogen-bond donors (Lipinski definition) is 3. The molecule has 0 aromatic carbocycles. The monoisotopic (exact) mass is 332 g/mol. The lowest BCUT2D eigenvalue weighted by Crippen LogP contribution is -2.60. The van der Waals surface area contributed by atoms with E-state index in [-0.39, 0.29) is 22.9 Å². The van der Waals surface area contributed by atoms with E-state index >= 15 is 0 Å². The Hall–Kier alpha value is -1.19. The van der Waals surface area contributed by atoms with E-state index in [2.05, 4.69) is 5.32 Å². The van der Waals surface area contributed by atoms with Gasteiger partial charge in [-0.15, -0.1) is 11.8 Å². The second kappa shape index (κ2) is 6.29. The van der Waals surface area contributed by atoms with Gasteiger partial charge in [0.05, 0.1) is 16.3 Å². The molecule has 0 saturated carbocycles. The van der Waals surface area contributed by atoms with Crippen LogP contribution in [0.3, 0.4) is 0 Å². The lowest BCUT2D eigenvalue weighted by Gasteiger charge is -2.43. The standard InChI is InChI=1S/C12H16N2O5S2/c1-5(15)7-9(17)14-8(11(18)19)12(21-10(7)14)20-4-3-13-6(2)16/h5,7,10,15H,3-4H2,1-2H3,(H,13,16)(H,18,19)/t5?,7-,10+/m0/s1. The third-order valence-electron chi connectivity index (χ3n) is 3.18. The number of nitrogens with one attached hydrogen (secondary N) is 1. The third kappa shape index (κ3) is 3.04. The van der Waals surface area contributed by atoms with Gasteiger partial charge in [-0.25, -0.2) is 4.79 Å². The van der Waals surface area contributed by atoms with Crippen LogP contribution in [0.5, 0.6) is 0 Å². The minimum absolute atomic E-state index is 0.0141. The van der Waals surface area contributed by atoms with E-state index < -0.39 is 18.0 Å². The Kier molecular flexibility index (Phi) is 4.84. The quantitative estimate of drug-likeness (QED) is 0.465. The zero-order valence-corrected chi connectivity index (χ0v) is 13.2. The van der Waals surface area contributed by atoms with Crippen LogP contribution in [0, 0.1) is 5.92 Å². The maximum absolute atomic E-state index is 12.0. The van der Waals surface area contributed by atoms with Gasteiger partial charge in [0, 0.05) is 19.2 Å². The summed E-state index contributed by atoms with van der Waals surface area (Å²) in [5.41, 5.74) is -0.0141. The number of rotatable bonds is 6. The normalized spacial score (nSPS) is 25.5. The van der Waals surface area contributed by atoms with Crippen molar-refractivity contribution in [1.29, 1.82) is 0 Å². The Morgan fingerprint density at radius 1 is 1.52 bits per heavy atom. The van der Waals surface area contributed by atoms with Crippen LogP contribution in [0.4, 0.5) is 0 Å². The molecule has 2 amide bonds. The molecular weight excluding hydrogens is 316 g/mol. The van der Waals surface area contributed by atoms with Crippen LogP contribution in [0.1, 0.15) is 13.8 Å². The molecule has 1 unspecified atom stereocenters. The van der Waals surface area contributed by atoms with Crippen molar-refractivity contribution in [3.8, 4) is 0 Å². The smallest absolute Gasteiger partial charge is 0.354 e. The molecule has 0 spiro atoms. The van der Waals surface area contributed by atoms with Gasteiger partial charge in [0.25, 0.3) is 0 Å². The van der Waals surface area contributed by atoms with Gasteiger partial charge in [0.2, 0.25) is 11.8 Å². The molecule has 2 aliphatic heterocycles. The van der Waals surface area contributed by atoms with E-state index in [9.17, 15) is 24.6 Å². The molecule has 1 fully saturated rings. The number of carbonyl (C=O) groups is 3. The number of carbonyl (C=O) groups excluding carboxylic acids is 2. The van der Waals surface area contributed by atoms with Crippen molar-refractivity contribution >= 4 is 41.3 Å². The minimum atomic E-state index is -1.15. The summed E-state index contributed by atoms with van der Waals surface area (Å²) in [7, 11) is 0. The maximum Gasteiger partial charge on any atom is 0.354 e. The molecule has 3 N–H and O–H groups in total. The van der Waals surface area contributed by atoms with Crippen LogP contribution in [0.25, 0.3) is 0 Å². The van der Waals surface area contributed by atoms with Gasteiger partial charge >= 0.3 is 5.97 Å². The number of thioether (sulfide) groups is 2. The van der Waals surface area contributed by atoms with Gasteiger partial charge in [-0.05, 0) is 6.92 Å². The predicted molar refractivity (Wildman–Crippen MR) is 79.2 cm³/mol. The molecular formula is C12H16N2O5S2. The summed E-state index contributed by atoms with van der Waals surface area (Å²) < 4.78 is 0.550. The first-order valence-electron chi connectivity index (χ1n) is 6.37. The number of amides is 2. The van der Waals surface area contributed by atoms with E-state index in [1.54, 1.807) is 0 Å². The highest BCUT2D eigenvalue weighted by atomic mass is 32.2. The molecule has 2 aliphatic rings. The fourth-order valence-corrected chi connectivity index (χ4v) is 5.07. The van der Waals surface area contributed by atoms with E-state index in [0.717, 1.165) is 0 Å². The molecule has 0 radical (unpaired) electrons. The summed E-state index contributed by atoms with van der Waals surface area (Å²) in [4.78, 5) is 35.3. The van der Waals surface area contributed by atoms with Gasteiger partial charge in [-0.3, -0.25) is 14.5 Å². The summed E-state index contributed by atoms with van der Waals surface area (Å²) in [6.45, 7) is 3.37. The number of nitrogens with zero attached hydrogens (tertiary/aromatic N) is 1. The Balaban J connectivity index is 2.04. The van der Waals surface area contributed by atoms with Crippen molar-refractivity contribution in [2.24, 2.45) is 5.92 Å². The van der Waals surface area contributed by atoms with Gasteiger partial charge in [-0.1, -0.05) is 11.8 Å². The summed E-state index contributed by atoms with van der Waals surface area (Å²) in [5, 5.41) is 21.2. The summed E-state index contributed by atoms with van der Waals surface area (Å²) in [5.74, 6) is -1.68. The summed E-state index contributed by atoms with van der Waals surface area (Å²) in [6.07, 6.45) is -0.801. The topological polar surface area (TPSA) is 107 Å². The molecule has 0 bridgehead atoms. The largest absolute Gasteiger partial charge is 0.477 e. The molecule has 1 saturated heterocycles. The van der Waals surface area contributed by atoms with E-state index in [1.165, 1.54) is 42.3 Å². The zero-order chi connectivity index (χ0) is 15.7. The lowest BCUT2D eigenvalue weighted by molar-refractivity contribution is -0.156. The van der Waals surface area contributed by atoms with Crippen LogP contribution >= 0.6 is 23.5 Å². The van der Waals surface area contributed by atoms with Crippen LogP contribution < -0.4 is 5.32 Å². The fraction of sp³-hybridized carbons (Fsp3) is 0.583. The number of carboxylic acid groups (broad SMARTS) is 1. The number of aliphatic hydroxyl groups is 1. The number of β-lactam (4-membered cyclic amide) rings is 1. The van der Waals surface area contributed by atoms with Gasteiger partial charge in [-0.2, -0.15) is 0 Å². The highest BCUT2D eigenvalue weighted by Gasteiger charge is 2.57. The van der Waals surface area contributed by atoms with Crippen LogP contribution in [0.2, 0.25) is 0 Å². The number of fused-ring (bicyclic) bond motifs is 1. The minimum Gasteiger partial charge on any atom is -0.477 e. The molecule has 2 rings (SSSR count). The van der Waals surface area contributed by atoms with Crippen molar-refractivity contribution in [2.75, 3.05) is 12.3 Å². The van der Waals surface area contributed by atoms with Crippen LogP contribution in [0.15, 0.2) is 9.93 Å². The third-order valence-corrected chi connectivity index (χ3v) is 5.84. The number of carboxylic acids is 1. The van der Waals surface area contributed by atoms with Crippen molar-refractivity contribution in [3.05, 3.63) is 9.93 Å². The van der Waals surface area contributed by atoms with E-state index in [1.807, 2.05) is 0 Å². The van der Waals surface area contributed by atoms with Crippen molar-refractivity contribution < 1.29 is 24.6 Å². The molecule has 0 aromatic heterocycles. The molecule has 9 heteroatoms. The Morgan fingerprint density at radius 2 is 2.19 bits per heavy atom.